The van der Waals surface area contributed by atoms with Gasteiger partial charge in [0.2, 0.25) is 5.88 Å². The molecule has 4 aromatic heterocycles. The van der Waals surface area contributed by atoms with Gasteiger partial charge in [0.1, 0.15) is 29.8 Å². The number of methoxy groups -OCH3 is 1. The van der Waals surface area contributed by atoms with E-state index in [1.165, 1.54) is 12.4 Å². The van der Waals surface area contributed by atoms with Gasteiger partial charge in [-0.2, -0.15) is 5.10 Å². The molecule has 0 atom stereocenters. The monoisotopic (exact) mass is 645 g/mol. The summed E-state index contributed by atoms with van der Waals surface area (Å²) in [4.78, 5) is 30.4. The Balaban J connectivity index is 1.16. The molecule has 6 aromatic rings. The van der Waals surface area contributed by atoms with Gasteiger partial charge in [-0.3, -0.25) is 10.3 Å². The number of aryl methyl sites for hydroxylation is 1. The first-order valence-corrected chi connectivity index (χ1v) is 15.5. The summed E-state index contributed by atoms with van der Waals surface area (Å²) in [5.41, 5.74) is 3.57. The number of nitrogens with zero attached hydrogens (tertiary/aromatic N) is 6. The van der Waals surface area contributed by atoms with Crippen molar-refractivity contribution in [1.29, 1.82) is 0 Å². The number of benzene rings is 2. The van der Waals surface area contributed by atoms with Gasteiger partial charge in [-0.25, -0.2) is 24.4 Å². The third-order valence-corrected chi connectivity index (χ3v) is 7.44. The number of rotatable bonds is 13. The predicted molar refractivity (Wildman–Crippen MR) is 183 cm³/mol. The van der Waals surface area contributed by atoms with E-state index in [4.69, 9.17) is 14.6 Å². The molecule has 0 unspecified atom stereocenters. The molecule has 6 rings (SSSR count). The fraction of sp³-hybridized carbons (Fsp3) is 0.200. The number of aromatic nitrogens is 6. The van der Waals surface area contributed by atoms with Crippen molar-refractivity contribution in [3.8, 4) is 17.3 Å². The Kier molecular flexibility index (Phi) is 9.97. The minimum Gasteiger partial charge on any atom is -0.488 e. The summed E-state index contributed by atoms with van der Waals surface area (Å²) in [7, 11) is 1.56. The first-order valence-electron chi connectivity index (χ1n) is 15.5. The number of pyridine rings is 2. The number of nitrogens with one attached hydrogen (secondary N) is 3. The number of fused-ring (bicyclic) bond motifs is 1. The van der Waals surface area contributed by atoms with Crippen LogP contribution in [0.5, 0.6) is 11.6 Å². The molecule has 13 nitrogen and oxygen atoms in total. The molecule has 4 N–H and O–H groups in total. The molecular formula is C35H35N9O4. The van der Waals surface area contributed by atoms with E-state index < -0.39 is 6.03 Å². The molecule has 4 heterocycles. The van der Waals surface area contributed by atoms with E-state index in [1.807, 2.05) is 60.7 Å². The number of aliphatic hydroxyl groups excluding tert-OH is 1. The number of aliphatic hydroxyl groups is 1. The zero-order valence-electron chi connectivity index (χ0n) is 26.6. The summed E-state index contributed by atoms with van der Waals surface area (Å²) >= 11 is 0. The van der Waals surface area contributed by atoms with Gasteiger partial charge in [0.15, 0.2) is 0 Å². The second-order valence-electron chi connectivity index (χ2n) is 10.8. The Hall–Kier alpha value is -6.08. The van der Waals surface area contributed by atoms with E-state index >= 15 is 0 Å². The maximum Gasteiger partial charge on any atom is 0.324 e. The van der Waals surface area contributed by atoms with Crippen LogP contribution in [0.2, 0.25) is 0 Å². The Morgan fingerprint density at radius 2 is 1.75 bits per heavy atom. The first kappa shape index (κ1) is 31.9. The number of ether oxygens (including phenoxy) is 2. The number of urea groups is 1. The highest BCUT2D eigenvalue weighted by Gasteiger charge is 2.15. The molecule has 2 aromatic carbocycles. The summed E-state index contributed by atoms with van der Waals surface area (Å²) in [6.07, 6.45) is 9.19. The van der Waals surface area contributed by atoms with Crippen molar-refractivity contribution in [2.75, 3.05) is 23.1 Å². The molecule has 0 spiro atoms. The topological polar surface area (TPSA) is 161 Å². The zero-order valence-corrected chi connectivity index (χ0v) is 26.6. The number of hydrogen-bond donors (Lipinski definition) is 4. The van der Waals surface area contributed by atoms with Crippen LogP contribution in [0.1, 0.15) is 36.7 Å². The number of carbonyl (C=O) groups is 1. The SMILES string of the molecule is CCCCc1cc(NC(=O)Nc2ccc(OCc3ccnc(Nc4cnc(CO)cn4)c3)c3ccccc23)n(-c2ccc(OC)nc2)n1. The summed E-state index contributed by atoms with van der Waals surface area (Å²) in [6, 6.07) is 20.2. The third kappa shape index (κ3) is 7.65. The van der Waals surface area contributed by atoms with Crippen molar-refractivity contribution < 1.29 is 19.4 Å². The summed E-state index contributed by atoms with van der Waals surface area (Å²) in [5.74, 6) is 2.77. The predicted octanol–water partition coefficient (Wildman–Crippen LogP) is 6.42. The third-order valence-electron chi connectivity index (χ3n) is 7.44. The molecule has 13 heteroatoms. The number of amides is 2. The molecule has 0 radical (unpaired) electrons. The van der Waals surface area contributed by atoms with Crippen LogP contribution < -0.4 is 25.4 Å². The van der Waals surface area contributed by atoms with Gasteiger partial charge in [-0.05, 0) is 48.7 Å². The number of anilines is 4. The molecule has 0 fully saturated rings. The lowest BCUT2D eigenvalue weighted by Gasteiger charge is -2.15. The fourth-order valence-electron chi connectivity index (χ4n) is 5.02. The van der Waals surface area contributed by atoms with E-state index in [0.717, 1.165) is 41.3 Å². The van der Waals surface area contributed by atoms with Crippen LogP contribution in [-0.4, -0.2) is 48.0 Å². The van der Waals surface area contributed by atoms with Crippen molar-refractivity contribution in [2.45, 2.75) is 39.4 Å². The fourth-order valence-corrected chi connectivity index (χ4v) is 5.02. The molecule has 48 heavy (non-hydrogen) atoms. The average molecular weight is 646 g/mol. The second-order valence-corrected chi connectivity index (χ2v) is 10.8. The summed E-state index contributed by atoms with van der Waals surface area (Å²) in [6.45, 7) is 2.24. The Morgan fingerprint density at radius 1 is 0.875 bits per heavy atom. The van der Waals surface area contributed by atoms with Crippen LogP contribution in [0.3, 0.4) is 0 Å². The quantitative estimate of drug-likeness (QED) is 0.110. The minimum absolute atomic E-state index is 0.173. The van der Waals surface area contributed by atoms with Crippen molar-refractivity contribution in [3.63, 3.8) is 0 Å². The van der Waals surface area contributed by atoms with Crippen LogP contribution in [0.25, 0.3) is 16.5 Å². The molecule has 0 bridgehead atoms. The van der Waals surface area contributed by atoms with Crippen molar-refractivity contribution >= 4 is 39.9 Å². The minimum atomic E-state index is -0.411. The van der Waals surface area contributed by atoms with Crippen LogP contribution >= 0.6 is 0 Å². The van der Waals surface area contributed by atoms with Crippen LogP contribution in [0, 0.1) is 0 Å². The maximum absolute atomic E-state index is 13.4. The van der Waals surface area contributed by atoms with Gasteiger partial charge in [0.25, 0.3) is 0 Å². The molecular weight excluding hydrogens is 610 g/mol. The van der Waals surface area contributed by atoms with Crippen molar-refractivity contribution in [1.82, 2.24) is 29.7 Å². The molecule has 0 aliphatic rings. The van der Waals surface area contributed by atoms with E-state index in [1.54, 1.807) is 30.3 Å². The molecule has 0 saturated heterocycles. The maximum atomic E-state index is 13.4. The van der Waals surface area contributed by atoms with Gasteiger partial charge in [0, 0.05) is 29.1 Å². The molecule has 2 amide bonds. The van der Waals surface area contributed by atoms with Crippen molar-refractivity contribution in [3.05, 3.63) is 108 Å². The Labute approximate surface area is 277 Å². The first-order chi connectivity index (χ1) is 23.5. The van der Waals surface area contributed by atoms with Gasteiger partial charge >= 0.3 is 6.03 Å². The van der Waals surface area contributed by atoms with E-state index in [-0.39, 0.29) is 13.2 Å². The molecule has 0 aliphatic carbocycles. The normalized spacial score (nSPS) is 10.9. The van der Waals surface area contributed by atoms with E-state index in [2.05, 4.69) is 42.8 Å². The number of carbonyl (C=O) groups excluding carboxylic acids is 1. The smallest absolute Gasteiger partial charge is 0.324 e. The van der Waals surface area contributed by atoms with Crippen LogP contribution in [0.4, 0.5) is 27.9 Å². The highest BCUT2D eigenvalue weighted by atomic mass is 16.5. The lowest BCUT2D eigenvalue weighted by molar-refractivity contribution is 0.262. The highest BCUT2D eigenvalue weighted by molar-refractivity contribution is 6.07. The second kappa shape index (κ2) is 15.0. The molecule has 0 aliphatic heterocycles. The van der Waals surface area contributed by atoms with Crippen LogP contribution in [0.15, 0.2) is 91.5 Å². The number of hydrogen-bond acceptors (Lipinski definition) is 10. The molecule has 244 valence electrons. The van der Waals surface area contributed by atoms with Gasteiger partial charge in [0.05, 0.1) is 55.1 Å². The number of unbranched alkanes of at least 4 members (excludes halogenated alkanes) is 1. The van der Waals surface area contributed by atoms with Crippen LogP contribution in [-0.2, 0) is 19.6 Å². The zero-order chi connectivity index (χ0) is 33.3. The Morgan fingerprint density at radius 3 is 2.50 bits per heavy atom. The lowest BCUT2D eigenvalue weighted by Crippen LogP contribution is -2.21. The highest BCUT2D eigenvalue weighted by Crippen LogP contribution is 2.32. The summed E-state index contributed by atoms with van der Waals surface area (Å²) < 4.78 is 13.1. The van der Waals surface area contributed by atoms with Crippen molar-refractivity contribution in [2.24, 2.45) is 0 Å². The van der Waals surface area contributed by atoms with Gasteiger partial charge in [-0.15, -0.1) is 0 Å². The Bertz CT molecular complexity index is 2000. The molecule has 0 saturated carbocycles. The van der Waals surface area contributed by atoms with Gasteiger partial charge in [-0.1, -0.05) is 37.6 Å². The summed E-state index contributed by atoms with van der Waals surface area (Å²) in [5, 5.41) is 24.7. The lowest BCUT2D eigenvalue weighted by atomic mass is 10.1. The van der Waals surface area contributed by atoms with Gasteiger partial charge < -0.3 is 25.2 Å². The van der Waals surface area contributed by atoms with E-state index in [0.29, 0.717) is 46.2 Å². The largest absolute Gasteiger partial charge is 0.488 e. The van der Waals surface area contributed by atoms with E-state index in [9.17, 15) is 9.90 Å². The standard InChI is InChI=1S/C35H35N9O4/c1-3-4-7-24-17-33(44(43-24)26-10-13-34(47-2)39-19-26)42-35(46)40-29-11-12-30(28-9-6-5-8-27(28)29)48-22-23-14-15-36-31(16-23)41-32-20-37-25(21-45)18-38-32/h5-6,8-20,45H,3-4,7,21-22H2,1-2H3,(H,36,38,41)(H2,40,42,46). The average Bonchev–Trinajstić information content (AvgIpc) is 3.53.